The van der Waals surface area contributed by atoms with Crippen LogP contribution in [0.15, 0.2) is 82.8 Å². The highest BCUT2D eigenvalue weighted by atomic mass is 35.5. The monoisotopic (exact) mass is 588 g/mol. The molecule has 4 heterocycles. The highest BCUT2D eigenvalue weighted by Gasteiger charge is 2.30. The van der Waals surface area contributed by atoms with Crippen LogP contribution in [0.5, 0.6) is 23.0 Å². The standard InChI is InChI=1S/C34H22Cl2N4O2/c1-3-39-23-11-7-5-9-17(23)19-13-15-21-31(29(19)39)41-33-25(35)28-34(26(36)27(33)37-21)42-32-22(38-28)16-14-20-18-10-6-8-12-24(18)40(4-2)30(20)32/h5-16H,3-4H2,1-2H3. The Bertz CT molecular complexity index is 2300. The molecule has 0 saturated carbocycles. The van der Waals surface area contributed by atoms with Crippen molar-refractivity contribution < 1.29 is 9.47 Å². The van der Waals surface area contributed by atoms with E-state index in [1.807, 2.05) is 12.1 Å². The molecule has 0 saturated heterocycles. The first-order valence-electron chi connectivity index (χ1n) is 14.0. The normalized spacial score (nSPS) is 13.2. The molecule has 204 valence electrons. The molecule has 42 heavy (non-hydrogen) atoms. The molecule has 2 aliphatic rings. The Balaban J connectivity index is 1.31. The van der Waals surface area contributed by atoms with Gasteiger partial charge in [0.15, 0.2) is 23.0 Å². The number of fused-ring (bicyclic) bond motifs is 12. The van der Waals surface area contributed by atoms with Crippen molar-refractivity contribution in [2.24, 2.45) is 9.98 Å². The van der Waals surface area contributed by atoms with Crippen LogP contribution in [0.1, 0.15) is 13.8 Å². The minimum Gasteiger partial charge on any atom is -0.449 e. The van der Waals surface area contributed by atoms with E-state index < -0.39 is 0 Å². The molecular formula is C34H22Cl2N4O2. The van der Waals surface area contributed by atoms with Crippen LogP contribution in [0.25, 0.3) is 43.6 Å². The number of benzene rings is 5. The van der Waals surface area contributed by atoms with Gasteiger partial charge >= 0.3 is 0 Å². The quantitative estimate of drug-likeness (QED) is 0.202. The first-order chi connectivity index (χ1) is 20.6. The van der Waals surface area contributed by atoms with E-state index >= 15 is 0 Å². The van der Waals surface area contributed by atoms with Crippen molar-refractivity contribution >= 4 is 78.2 Å². The Morgan fingerprint density at radius 1 is 0.548 bits per heavy atom. The summed E-state index contributed by atoms with van der Waals surface area (Å²) < 4.78 is 17.7. The Kier molecular flexibility index (Phi) is 4.88. The van der Waals surface area contributed by atoms with Gasteiger partial charge in [-0.15, -0.1) is 0 Å². The van der Waals surface area contributed by atoms with Crippen LogP contribution in [0.3, 0.4) is 0 Å². The van der Waals surface area contributed by atoms with Crippen LogP contribution in [0.4, 0.5) is 11.4 Å². The minimum absolute atomic E-state index is 0.316. The molecule has 0 atom stereocenters. The van der Waals surface area contributed by atoms with Crippen LogP contribution in [0.2, 0.25) is 10.0 Å². The van der Waals surface area contributed by atoms with Crippen molar-refractivity contribution in [2.45, 2.75) is 26.9 Å². The van der Waals surface area contributed by atoms with Crippen LogP contribution in [-0.4, -0.2) is 9.13 Å². The number of para-hydroxylation sites is 2. The average Bonchev–Trinajstić information content (AvgIpc) is 3.55. The summed E-state index contributed by atoms with van der Waals surface area (Å²) in [5, 5.41) is 6.04. The number of hydrogen-bond donors (Lipinski definition) is 0. The zero-order valence-corrected chi connectivity index (χ0v) is 24.2. The molecule has 0 radical (unpaired) electrons. The largest absolute Gasteiger partial charge is 0.449 e. The molecule has 0 spiro atoms. The molecule has 2 aliphatic heterocycles. The van der Waals surface area contributed by atoms with Gasteiger partial charge in [-0.05, 0) is 50.2 Å². The van der Waals surface area contributed by atoms with Crippen molar-refractivity contribution in [1.82, 2.24) is 9.13 Å². The summed E-state index contributed by atoms with van der Waals surface area (Å²) in [6.45, 7) is 5.81. The lowest BCUT2D eigenvalue weighted by atomic mass is 10.1. The lowest BCUT2D eigenvalue weighted by Gasteiger charge is -2.22. The molecule has 0 aliphatic carbocycles. The number of ether oxygens (including phenoxy) is 2. The van der Waals surface area contributed by atoms with Crippen molar-refractivity contribution in [1.29, 1.82) is 0 Å². The van der Waals surface area contributed by atoms with Crippen LogP contribution in [0, 0.1) is 0 Å². The summed E-state index contributed by atoms with van der Waals surface area (Å²) in [5.74, 6) is 2.07. The first-order valence-corrected chi connectivity index (χ1v) is 14.8. The molecule has 0 amide bonds. The fourth-order valence-electron chi connectivity index (χ4n) is 6.69. The van der Waals surface area contributed by atoms with E-state index in [4.69, 9.17) is 42.7 Å². The number of hydrogen-bond acceptors (Lipinski definition) is 4. The third-order valence-corrected chi connectivity index (χ3v) is 9.18. The topological polar surface area (TPSA) is 53.0 Å². The summed E-state index contributed by atoms with van der Waals surface area (Å²) in [4.78, 5) is 9.96. The molecule has 0 unspecified atom stereocenters. The summed E-state index contributed by atoms with van der Waals surface area (Å²) in [6.07, 6.45) is 0. The van der Waals surface area contributed by atoms with Gasteiger partial charge in [0, 0.05) is 45.7 Å². The van der Waals surface area contributed by atoms with Gasteiger partial charge in [0.1, 0.15) is 32.1 Å². The Morgan fingerprint density at radius 3 is 1.40 bits per heavy atom. The smallest absolute Gasteiger partial charge is 0.177 e. The number of aromatic nitrogens is 2. The van der Waals surface area contributed by atoms with Gasteiger partial charge in [0.2, 0.25) is 0 Å². The fraction of sp³-hybridized carbons (Fsp3) is 0.118. The third kappa shape index (κ3) is 2.95. The molecule has 0 bridgehead atoms. The van der Waals surface area contributed by atoms with Gasteiger partial charge in [0.05, 0.1) is 11.0 Å². The van der Waals surface area contributed by atoms with Gasteiger partial charge in [-0.25, -0.2) is 9.98 Å². The van der Waals surface area contributed by atoms with Gasteiger partial charge in [-0.3, -0.25) is 0 Å². The molecular weight excluding hydrogens is 567 g/mol. The maximum absolute atomic E-state index is 7.06. The van der Waals surface area contributed by atoms with Gasteiger partial charge in [-0.2, -0.15) is 0 Å². The zero-order valence-electron chi connectivity index (χ0n) is 22.7. The van der Waals surface area contributed by atoms with E-state index in [1.165, 1.54) is 0 Å². The third-order valence-electron chi connectivity index (χ3n) is 8.48. The minimum atomic E-state index is 0.316. The number of rotatable bonds is 2. The van der Waals surface area contributed by atoms with E-state index in [1.54, 1.807) is 0 Å². The van der Waals surface area contributed by atoms with E-state index in [0.29, 0.717) is 55.1 Å². The van der Waals surface area contributed by atoms with E-state index in [2.05, 4.69) is 83.6 Å². The summed E-state index contributed by atoms with van der Waals surface area (Å²) in [7, 11) is 0. The molecule has 5 aromatic carbocycles. The van der Waals surface area contributed by atoms with Gasteiger partial charge in [0.25, 0.3) is 0 Å². The highest BCUT2D eigenvalue weighted by molar-refractivity contribution is 6.35. The van der Waals surface area contributed by atoms with Crippen LogP contribution in [-0.2, 0) is 13.1 Å². The SMILES string of the molecule is CCn1c2ccccc2c2ccc3c(c21)Oc1c(Cl)c2c(c(Cl)c1=N3)Oc1c(ccc3c4ccccc4n(CC)c13)N=2. The molecule has 0 N–H and O–H groups in total. The molecule has 0 fully saturated rings. The second kappa shape index (κ2) is 8.51. The zero-order chi connectivity index (χ0) is 28.3. The van der Waals surface area contributed by atoms with Crippen molar-refractivity contribution in [3.05, 3.63) is 93.6 Å². The first kappa shape index (κ1) is 24.1. The number of aryl methyl sites for hydroxylation is 2. The lowest BCUT2D eigenvalue weighted by Crippen LogP contribution is -2.22. The molecule has 6 nitrogen and oxygen atoms in total. The fourth-order valence-corrected chi connectivity index (χ4v) is 7.21. The second-order valence-electron chi connectivity index (χ2n) is 10.6. The lowest BCUT2D eigenvalue weighted by molar-refractivity contribution is 0.454. The maximum atomic E-state index is 7.06. The molecule has 8 heteroatoms. The van der Waals surface area contributed by atoms with E-state index in [0.717, 1.165) is 56.7 Å². The second-order valence-corrected chi connectivity index (χ2v) is 11.3. The predicted molar refractivity (Wildman–Crippen MR) is 168 cm³/mol. The van der Waals surface area contributed by atoms with Crippen molar-refractivity contribution in [3.63, 3.8) is 0 Å². The Labute approximate surface area is 249 Å². The van der Waals surface area contributed by atoms with Crippen molar-refractivity contribution in [3.8, 4) is 23.0 Å². The van der Waals surface area contributed by atoms with Gasteiger partial charge in [-0.1, -0.05) is 59.6 Å². The number of nitrogens with zero attached hydrogens (tertiary/aromatic N) is 4. The molecule has 2 aromatic heterocycles. The Morgan fingerprint density at radius 2 is 0.976 bits per heavy atom. The summed E-state index contributed by atoms with van der Waals surface area (Å²) in [6, 6.07) is 24.9. The Hall–Kier alpha value is -4.52. The molecule has 9 rings (SSSR count). The number of halogens is 2. The van der Waals surface area contributed by atoms with E-state index in [9.17, 15) is 0 Å². The maximum Gasteiger partial charge on any atom is 0.177 e. The average molecular weight is 589 g/mol. The van der Waals surface area contributed by atoms with Crippen molar-refractivity contribution in [2.75, 3.05) is 0 Å². The summed E-state index contributed by atoms with van der Waals surface area (Å²) in [5.41, 5.74) is 5.61. The summed E-state index contributed by atoms with van der Waals surface area (Å²) >= 11 is 14.1. The van der Waals surface area contributed by atoms with Gasteiger partial charge < -0.3 is 18.6 Å². The van der Waals surface area contributed by atoms with E-state index in [-0.39, 0.29) is 0 Å². The highest BCUT2D eigenvalue weighted by Crippen LogP contribution is 2.49. The van der Waals surface area contributed by atoms with Crippen LogP contribution < -0.4 is 20.2 Å². The molecule has 7 aromatic rings. The van der Waals surface area contributed by atoms with Crippen LogP contribution >= 0.6 is 23.2 Å². The predicted octanol–water partition coefficient (Wildman–Crippen LogP) is 9.36.